The molecular weight excluding hydrogens is 330 g/mol. The highest BCUT2D eigenvalue weighted by molar-refractivity contribution is 5.99. The van der Waals surface area contributed by atoms with Gasteiger partial charge in [-0.25, -0.2) is 4.98 Å². The van der Waals surface area contributed by atoms with Crippen molar-refractivity contribution in [2.75, 3.05) is 44.2 Å². The molecule has 2 N–H and O–H groups in total. The lowest BCUT2D eigenvalue weighted by Crippen LogP contribution is -2.48. The number of anilines is 1. The number of hydrogen-bond donors (Lipinski definition) is 2. The van der Waals surface area contributed by atoms with Crippen LogP contribution < -0.4 is 10.2 Å². The lowest BCUT2D eigenvalue weighted by Gasteiger charge is -2.35. The van der Waals surface area contributed by atoms with Crippen LogP contribution in [0.5, 0.6) is 0 Å². The second-order valence-corrected chi connectivity index (χ2v) is 6.38. The van der Waals surface area contributed by atoms with Gasteiger partial charge in [0.2, 0.25) is 0 Å². The molecule has 1 fully saturated rings. The number of hydrogen-bond acceptors (Lipinski definition) is 6. The van der Waals surface area contributed by atoms with E-state index in [1.54, 1.807) is 18.5 Å². The first-order valence-electron chi connectivity index (χ1n) is 8.94. The standard InChI is InChI=1S/C19H25N5O2/c1-15(17-6-2-3-7-20-17)22-19(26)16-5-4-8-21-18(16)24-11-9-23(10-12-24)13-14-25/h2-8,15,25H,9-14H2,1H3,(H,22,26). The number of piperazine rings is 1. The SMILES string of the molecule is CC(NC(=O)c1cccnc1N1CCN(CCO)CC1)c1ccccn1. The fraction of sp³-hybridized carbons (Fsp3) is 0.421. The zero-order valence-corrected chi connectivity index (χ0v) is 15.0. The van der Waals surface area contributed by atoms with Crippen molar-refractivity contribution in [3.05, 3.63) is 54.0 Å². The first-order valence-corrected chi connectivity index (χ1v) is 8.94. The second-order valence-electron chi connectivity index (χ2n) is 6.38. The molecule has 2 aromatic rings. The highest BCUT2D eigenvalue weighted by Gasteiger charge is 2.23. The van der Waals surface area contributed by atoms with E-state index in [1.165, 1.54) is 0 Å². The molecule has 7 nitrogen and oxygen atoms in total. The Bertz CT molecular complexity index is 717. The van der Waals surface area contributed by atoms with Gasteiger partial charge in [0.1, 0.15) is 5.82 Å². The third-order valence-corrected chi connectivity index (χ3v) is 4.60. The summed E-state index contributed by atoms with van der Waals surface area (Å²) in [6.45, 7) is 6.04. The topological polar surface area (TPSA) is 81.6 Å². The summed E-state index contributed by atoms with van der Waals surface area (Å²) < 4.78 is 0. The van der Waals surface area contributed by atoms with Crippen LogP contribution in [0.1, 0.15) is 29.0 Å². The van der Waals surface area contributed by atoms with Crippen LogP contribution in [0, 0.1) is 0 Å². The molecule has 1 atom stereocenters. The maximum Gasteiger partial charge on any atom is 0.255 e. The predicted octanol–water partition coefficient (Wildman–Crippen LogP) is 1.08. The Hall–Kier alpha value is -2.51. The lowest BCUT2D eigenvalue weighted by molar-refractivity contribution is 0.0939. The van der Waals surface area contributed by atoms with Gasteiger partial charge in [0.15, 0.2) is 0 Å². The van der Waals surface area contributed by atoms with Crippen LogP contribution in [0.4, 0.5) is 5.82 Å². The normalized spacial score (nSPS) is 16.3. The van der Waals surface area contributed by atoms with Crippen LogP contribution in [-0.2, 0) is 0 Å². The first kappa shape index (κ1) is 18.3. The quantitative estimate of drug-likeness (QED) is 0.807. The van der Waals surface area contributed by atoms with Gasteiger partial charge in [-0.05, 0) is 31.2 Å². The molecule has 26 heavy (non-hydrogen) atoms. The molecule has 1 unspecified atom stereocenters. The predicted molar refractivity (Wildman–Crippen MR) is 100 cm³/mol. The van der Waals surface area contributed by atoms with Crippen molar-refractivity contribution in [1.82, 2.24) is 20.2 Å². The molecule has 0 aromatic carbocycles. The number of amides is 1. The number of aromatic nitrogens is 2. The number of aliphatic hydroxyl groups is 1. The van der Waals surface area contributed by atoms with E-state index >= 15 is 0 Å². The van der Waals surface area contributed by atoms with Crippen molar-refractivity contribution in [2.45, 2.75) is 13.0 Å². The number of pyridine rings is 2. The molecule has 1 saturated heterocycles. The van der Waals surface area contributed by atoms with Crippen molar-refractivity contribution in [2.24, 2.45) is 0 Å². The summed E-state index contributed by atoms with van der Waals surface area (Å²) >= 11 is 0. The average molecular weight is 355 g/mol. The summed E-state index contributed by atoms with van der Waals surface area (Å²) in [5, 5.41) is 12.1. The Morgan fingerprint density at radius 3 is 2.62 bits per heavy atom. The van der Waals surface area contributed by atoms with Crippen molar-refractivity contribution in [3.8, 4) is 0 Å². The van der Waals surface area contributed by atoms with Crippen LogP contribution in [0.25, 0.3) is 0 Å². The Morgan fingerprint density at radius 1 is 1.15 bits per heavy atom. The van der Waals surface area contributed by atoms with Gasteiger partial charge in [0.05, 0.1) is 23.9 Å². The van der Waals surface area contributed by atoms with Crippen LogP contribution >= 0.6 is 0 Å². The molecule has 138 valence electrons. The van der Waals surface area contributed by atoms with Gasteiger partial charge in [-0.15, -0.1) is 0 Å². The molecule has 3 rings (SSSR count). The van der Waals surface area contributed by atoms with Crippen molar-refractivity contribution < 1.29 is 9.90 Å². The maximum absolute atomic E-state index is 12.8. The van der Waals surface area contributed by atoms with Gasteiger partial charge in [-0.3, -0.25) is 14.7 Å². The summed E-state index contributed by atoms with van der Waals surface area (Å²) in [4.78, 5) is 25.9. The van der Waals surface area contributed by atoms with Crippen LogP contribution in [0.3, 0.4) is 0 Å². The summed E-state index contributed by atoms with van der Waals surface area (Å²) in [5.41, 5.74) is 1.40. The Labute approximate surface area is 153 Å². The van der Waals surface area contributed by atoms with E-state index in [2.05, 4.69) is 25.1 Å². The summed E-state index contributed by atoms with van der Waals surface area (Å²) in [6, 6.07) is 9.07. The van der Waals surface area contributed by atoms with Gasteiger partial charge in [-0.2, -0.15) is 0 Å². The zero-order valence-electron chi connectivity index (χ0n) is 15.0. The third-order valence-electron chi connectivity index (χ3n) is 4.60. The number of aliphatic hydroxyl groups excluding tert-OH is 1. The van der Waals surface area contributed by atoms with E-state index in [4.69, 9.17) is 5.11 Å². The van der Waals surface area contributed by atoms with E-state index in [9.17, 15) is 4.79 Å². The number of nitrogens with one attached hydrogen (secondary N) is 1. The molecule has 1 amide bonds. The fourth-order valence-electron chi connectivity index (χ4n) is 3.13. The average Bonchev–Trinajstić information content (AvgIpc) is 2.69. The van der Waals surface area contributed by atoms with E-state index in [1.807, 2.05) is 31.2 Å². The molecule has 0 aliphatic carbocycles. The Balaban J connectivity index is 1.70. The van der Waals surface area contributed by atoms with E-state index in [0.717, 1.165) is 31.9 Å². The molecule has 2 aromatic heterocycles. The smallest absolute Gasteiger partial charge is 0.255 e. The lowest BCUT2D eigenvalue weighted by atomic mass is 10.1. The van der Waals surface area contributed by atoms with Gasteiger partial charge in [-0.1, -0.05) is 6.07 Å². The zero-order chi connectivity index (χ0) is 18.4. The molecule has 1 aliphatic rings. The molecule has 0 bridgehead atoms. The van der Waals surface area contributed by atoms with Gasteiger partial charge >= 0.3 is 0 Å². The van der Waals surface area contributed by atoms with Crippen LogP contribution in [-0.4, -0.2) is 65.2 Å². The van der Waals surface area contributed by atoms with Gasteiger partial charge in [0.25, 0.3) is 5.91 Å². The molecule has 1 aliphatic heterocycles. The molecule has 3 heterocycles. The largest absolute Gasteiger partial charge is 0.395 e. The number of carbonyl (C=O) groups is 1. The first-order chi connectivity index (χ1) is 12.7. The molecule has 0 saturated carbocycles. The van der Waals surface area contributed by atoms with Crippen LogP contribution in [0.15, 0.2) is 42.7 Å². The summed E-state index contributed by atoms with van der Waals surface area (Å²) in [7, 11) is 0. The third kappa shape index (κ3) is 4.36. The second kappa shape index (κ2) is 8.73. The summed E-state index contributed by atoms with van der Waals surface area (Å²) in [6.07, 6.45) is 3.44. The molecular formula is C19H25N5O2. The number of carbonyl (C=O) groups excluding carboxylic acids is 1. The monoisotopic (exact) mass is 355 g/mol. The van der Waals surface area contributed by atoms with Crippen LogP contribution in [0.2, 0.25) is 0 Å². The molecule has 0 spiro atoms. The highest BCUT2D eigenvalue weighted by atomic mass is 16.3. The maximum atomic E-state index is 12.8. The van der Waals surface area contributed by atoms with Crippen molar-refractivity contribution >= 4 is 11.7 Å². The van der Waals surface area contributed by atoms with Gasteiger partial charge in [0, 0.05) is 45.1 Å². The molecule has 0 radical (unpaired) electrons. The van der Waals surface area contributed by atoms with Gasteiger partial charge < -0.3 is 15.3 Å². The minimum Gasteiger partial charge on any atom is -0.395 e. The van der Waals surface area contributed by atoms with Crippen molar-refractivity contribution in [3.63, 3.8) is 0 Å². The highest BCUT2D eigenvalue weighted by Crippen LogP contribution is 2.20. The summed E-state index contributed by atoms with van der Waals surface area (Å²) in [5.74, 6) is 0.561. The van der Waals surface area contributed by atoms with E-state index in [-0.39, 0.29) is 18.6 Å². The minimum absolute atomic E-state index is 0.149. The number of nitrogens with zero attached hydrogens (tertiary/aromatic N) is 4. The van der Waals surface area contributed by atoms with E-state index in [0.29, 0.717) is 17.9 Å². The Morgan fingerprint density at radius 2 is 1.92 bits per heavy atom. The minimum atomic E-state index is -0.182. The number of rotatable bonds is 6. The molecule has 7 heteroatoms. The van der Waals surface area contributed by atoms with Crippen molar-refractivity contribution in [1.29, 1.82) is 0 Å². The number of β-amino-alcohol motifs (C(OH)–C–C–N with tert-alkyl or cyclic N) is 1. The fourth-order valence-corrected chi connectivity index (χ4v) is 3.13. The Kier molecular flexibility index (Phi) is 6.14. The van der Waals surface area contributed by atoms with E-state index < -0.39 is 0 Å².